The summed E-state index contributed by atoms with van der Waals surface area (Å²) in [6, 6.07) is -0.235. The lowest BCUT2D eigenvalue weighted by Gasteiger charge is -2.29. The predicted molar refractivity (Wildman–Crippen MR) is 77.1 cm³/mol. The van der Waals surface area contributed by atoms with Crippen LogP contribution in [0.4, 0.5) is 0 Å². The van der Waals surface area contributed by atoms with E-state index >= 15 is 0 Å². The average Bonchev–Trinajstić information content (AvgIpc) is 2.85. The van der Waals surface area contributed by atoms with Crippen LogP contribution < -0.4 is 0 Å². The molecule has 0 N–H and O–H groups in total. The molecule has 1 fully saturated rings. The first kappa shape index (κ1) is 13.9. The molecule has 1 aliphatic carbocycles. The molecule has 1 atom stereocenters. The van der Waals surface area contributed by atoms with Gasteiger partial charge in [-0.1, -0.05) is 30.9 Å². The molecule has 4 nitrogen and oxygen atoms in total. The third kappa shape index (κ3) is 2.34. The van der Waals surface area contributed by atoms with Crippen LogP contribution in [0.25, 0.3) is 0 Å². The van der Waals surface area contributed by atoms with Crippen LogP contribution in [0.15, 0.2) is 0 Å². The van der Waals surface area contributed by atoms with Gasteiger partial charge in [0.2, 0.25) is 0 Å². The number of halogens is 1. The zero-order valence-corrected chi connectivity index (χ0v) is 12.7. The molecule has 0 aromatic carbocycles. The van der Waals surface area contributed by atoms with Gasteiger partial charge in [0.1, 0.15) is 11.9 Å². The molecule has 0 radical (unpaired) electrons. The van der Waals surface area contributed by atoms with E-state index in [4.69, 9.17) is 16.3 Å². The van der Waals surface area contributed by atoms with Gasteiger partial charge in [0.25, 0.3) is 0 Å². The average molecular weight is 297 g/mol. The molecule has 1 aromatic rings. The standard InChI is InChI=1S/C15H21ClN2O2/c1-20-15(19)12-9-5-8-11-13(16)17-14(18(11)12)10-6-3-2-4-7-10/h10,12H,2-9H2,1H3. The number of aromatic nitrogens is 2. The second-order valence-electron chi connectivity index (χ2n) is 5.84. The number of carbonyl (C=O) groups excluding carboxylic acids is 1. The number of nitrogens with zero attached hydrogens (tertiary/aromatic N) is 2. The lowest BCUT2D eigenvalue weighted by atomic mass is 9.88. The van der Waals surface area contributed by atoms with Crippen LogP contribution in [0.2, 0.25) is 5.15 Å². The van der Waals surface area contributed by atoms with Gasteiger partial charge in [0.05, 0.1) is 12.8 Å². The summed E-state index contributed by atoms with van der Waals surface area (Å²) in [5.74, 6) is 1.29. The third-order valence-electron chi connectivity index (χ3n) is 4.63. The largest absolute Gasteiger partial charge is 0.467 e. The quantitative estimate of drug-likeness (QED) is 0.783. The zero-order chi connectivity index (χ0) is 14.1. The summed E-state index contributed by atoms with van der Waals surface area (Å²) in [6.45, 7) is 0. The predicted octanol–water partition coefficient (Wildman–Crippen LogP) is 3.63. The Kier molecular flexibility index (Phi) is 4.01. The third-order valence-corrected chi connectivity index (χ3v) is 4.94. The van der Waals surface area contributed by atoms with Crippen LogP contribution in [0, 0.1) is 0 Å². The zero-order valence-electron chi connectivity index (χ0n) is 11.9. The minimum absolute atomic E-state index is 0.169. The van der Waals surface area contributed by atoms with Crippen molar-refractivity contribution in [3.8, 4) is 0 Å². The van der Waals surface area contributed by atoms with Gasteiger partial charge in [-0.2, -0.15) is 0 Å². The molecular formula is C15H21ClN2O2. The van der Waals surface area contributed by atoms with Crippen LogP contribution in [-0.2, 0) is 16.0 Å². The van der Waals surface area contributed by atoms with E-state index in [1.165, 1.54) is 26.4 Å². The van der Waals surface area contributed by atoms with Crippen LogP contribution in [0.1, 0.15) is 68.4 Å². The molecule has 0 spiro atoms. The Morgan fingerprint density at radius 3 is 2.70 bits per heavy atom. The van der Waals surface area contributed by atoms with Crippen molar-refractivity contribution in [2.75, 3.05) is 7.11 Å². The Bertz CT molecular complexity index is 506. The van der Waals surface area contributed by atoms with Crippen LogP contribution in [0.3, 0.4) is 0 Å². The Hall–Kier alpha value is -1.03. The molecule has 2 aliphatic rings. The highest BCUT2D eigenvalue weighted by Gasteiger charge is 2.34. The highest BCUT2D eigenvalue weighted by atomic mass is 35.5. The van der Waals surface area contributed by atoms with Crippen molar-refractivity contribution in [2.24, 2.45) is 0 Å². The number of ether oxygens (including phenoxy) is 1. The minimum atomic E-state index is -0.235. The first-order chi connectivity index (χ1) is 9.72. The summed E-state index contributed by atoms with van der Waals surface area (Å²) in [6.07, 6.45) is 8.80. The van der Waals surface area contributed by atoms with E-state index in [1.807, 2.05) is 0 Å². The second kappa shape index (κ2) is 5.76. The molecular weight excluding hydrogens is 276 g/mol. The molecule has 1 aliphatic heterocycles. The topological polar surface area (TPSA) is 44.1 Å². The van der Waals surface area contributed by atoms with E-state index in [0.717, 1.165) is 43.6 Å². The fourth-order valence-corrected chi connectivity index (χ4v) is 3.90. The van der Waals surface area contributed by atoms with Gasteiger partial charge >= 0.3 is 5.97 Å². The summed E-state index contributed by atoms with van der Waals surface area (Å²) < 4.78 is 7.06. The van der Waals surface area contributed by atoms with Gasteiger partial charge < -0.3 is 9.30 Å². The van der Waals surface area contributed by atoms with Crippen molar-refractivity contribution in [1.82, 2.24) is 9.55 Å². The smallest absolute Gasteiger partial charge is 0.328 e. The van der Waals surface area contributed by atoms with Crippen molar-refractivity contribution in [2.45, 2.75) is 63.3 Å². The second-order valence-corrected chi connectivity index (χ2v) is 6.20. The fourth-order valence-electron chi connectivity index (χ4n) is 3.63. The van der Waals surface area contributed by atoms with E-state index in [0.29, 0.717) is 11.1 Å². The highest BCUT2D eigenvalue weighted by Crippen LogP contribution is 2.39. The maximum absolute atomic E-state index is 12.1. The molecule has 110 valence electrons. The van der Waals surface area contributed by atoms with Gasteiger partial charge in [-0.15, -0.1) is 0 Å². The van der Waals surface area contributed by atoms with Crippen molar-refractivity contribution in [3.63, 3.8) is 0 Å². The van der Waals surface area contributed by atoms with E-state index in [-0.39, 0.29) is 12.0 Å². The highest BCUT2D eigenvalue weighted by molar-refractivity contribution is 6.30. The van der Waals surface area contributed by atoms with Gasteiger partial charge in [0, 0.05) is 5.92 Å². The molecule has 1 saturated carbocycles. The number of fused-ring (bicyclic) bond motifs is 1. The van der Waals surface area contributed by atoms with Crippen LogP contribution >= 0.6 is 11.6 Å². The number of esters is 1. The fraction of sp³-hybridized carbons (Fsp3) is 0.733. The minimum Gasteiger partial charge on any atom is -0.467 e. The lowest BCUT2D eigenvalue weighted by Crippen LogP contribution is -2.28. The molecule has 1 unspecified atom stereocenters. The van der Waals surface area contributed by atoms with Crippen LogP contribution in [-0.4, -0.2) is 22.6 Å². The number of hydrogen-bond donors (Lipinski definition) is 0. The van der Waals surface area contributed by atoms with Crippen LogP contribution in [0.5, 0.6) is 0 Å². The first-order valence-electron chi connectivity index (χ1n) is 7.56. The molecule has 0 saturated heterocycles. The molecule has 0 bridgehead atoms. The SMILES string of the molecule is COC(=O)C1CCCc2c(Cl)nc(C3CCCCC3)n21. The van der Waals surface area contributed by atoms with Crippen molar-refractivity contribution in [1.29, 1.82) is 0 Å². The number of imidazole rings is 1. The molecule has 2 heterocycles. The number of hydrogen-bond acceptors (Lipinski definition) is 3. The van der Waals surface area contributed by atoms with E-state index < -0.39 is 0 Å². The van der Waals surface area contributed by atoms with Gasteiger partial charge in [0.15, 0.2) is 5.15 Å². The Labute approximate surface area is 124 Å². The molecule has 0 amide bonds. The maximum atomic E-state index is 12.1. The Morgan fingerprint density at radius 2 is 2.00 bits per heavy atom. The van der Waals surface area contributed by atoms with E-state index in [2.05, 4.69) is 9.55 Å². The molecule has 5 heteroatoms. The number of methoxy groups -OCH3 is 1. The van der Waals surface area contributed by atoms with Gasteiger partial charge in [-0.05, 0) is 32.1 Å². The number of rotatable bonds is 2. The number of carbonyl (C=O) groups is 1. The first-order valence-corrected chi connectivity index (χ1v) is 7.94. The maximum Gasteiger partial charge on any atom is 0.328 e. The van der Waals surface area contributed by atoms with Crippen molar-refractivity contribution < 1.29 is 9.53 Å². The monoisotopic (exact) mass is 296 g/mol. The Balaban J connectivity index is 2.01. The van der Waals surface area contributed by atoms with Crippen molar-refractivity contribution in [3.05, 3.63) is 16.7 Å². The van der Waals surface area contributed by atoms with Gasteiger partial charge in [-0.3, -0.25) is 0 Å². The lowest BCUT2D eigenvalue weighted by molar-refractivity contribution is -0.145. The normalized spacial score (nSPS) is 23.4. The van der Waals surface area contributed by atoms with Gasteiger partial charge in [-0.25, -0.2) is 9.78 Å². The van der Waals surface area contributed by atoms with Crippen molar-refractivity contribution >= 4 is 17.6 Å². The molecule has 1 aromatic heterocycles. The summed E-state index contributed by atoms with van der Waals surface area (Å²) >= 11 is 6.31. The molecule has 3 rings (SSSR count). The Morgan fingerprint density at radius 1 is 1.25 bits per heavy atom. The molecule has 20 heavy (non-hydrogen) atoms. The van der Waals surface area contributed by atoms with E-state index in [9.17, 15) is 4.79 Å². The summed E-state index contributed by atoms with van der Waals surface area (Å²) in [5.41, 5.74) is 1.02. The summed E-state index contributed by atoms with van der Waals surface area (Å²) in [7, 11) is 1.45. The van der Waals surface area contributed by atoms with E-state index in [1.54, 1.807) is 0 Å². The summed E-state index contributed by atoms with van der Waals surface area (Å²) in [4.78, 5) is 16.7. The summed E-state index contributed by atoms with van der Waals surface area (Å²) in [5, 5.41) is 0.583.